The van der Waals surface area contributed by atoms with E-state index in [2.05, 4.69) is 4.72 Å². The summed E-state index contributed by atoms with van der Waals surface area (Å²) >= 11 is 5.85. The number of primary amides is 1. The summed E-state index contributed by atoms with van der Waals surface area (Å²) in [5.74, 6) is -0.790. The second-order valence-corrected chi connectivity index (χ2v) is 6.78. The van der Waals surface area contributed by atoms with Gasteiger partial charge in [-0.15, -0.1) is 0 Å². The summed E-state index contributed by atoms with van der Waals surface area (Å²) < 4.78 is 64.1. The van der Waals surface area contributed by atoms with Gasteiger partial charge in [-0.2, -0.15) is 13.2 Å². The summed E-state index contributed by atoms with van der Waals surface area (Å²) in [7, 11) is -4.19. The number of halogens is 4. The number of nitrogens with two attached hydrogens (primary N) is 1. The zero-order valence-electron chi connectivity index (χ0n) is 11.8. The van der Waals surface area contributed by atoms with Gasteiger partial charge in [-0.05, 0) is 42.5 Å². The number of hydrogen-bond acceptors (Lipinski definition) is 3. The fourth-order valence-electron chi connectivity index (χ4n) is 1.78. The standard InChI is InChI=1S/C14H10ClF3N2O3S/c15-11-6-1-8(13(19)21)7-12(11)20-24(22,23)10-4-2-9(3-5-10)14(16,17)18/h1-7,20H,(H2,19,21). The predicted molar refractivity (Wildman–Crippen MR) is 82.2 cm³/mol. The van der Waals surface area contributed by atoms with E-state index in [0.29, 0.717) is 12.1 Å². The van der Waals surface area contributed by atoms with E-state index in [9.17, 15) is 26.4 Å². The molecule has 0 saturated carbocycles. The monoisotopic (exact) mass is 378 g/mol. The van der Waals surface area contributed by atoms with Crippen molar-refractivity contribution >= 4 is 33.2 Å². The third kappa shape index (κ3) is 3.98. The van der Waals surface area contributed by atoms with Crippen molar-refractivity contribution in [3.63, 3.8) is 0 Å². The molecule has 0 saturated heterocycles. The summed E-state index contributed by atoms with van der Waals surface area (Å²) in [6.45, 7) is 0. The Kier molecular flexibility index (Phi) is 4.77. The first kappa shape index (κ1) is 18.1. The van der Waals surface area contributed by atoms with E-state index in [1.54, 1.807) is 0 Å². The van der Waals surface area contributed by atoms with E-state index >= 15 is 0 Å². The third-order valence-electron chi connectivity index (χ3n) is 2.99. The van der Waals surface area contributed by atoms with Crippen LogP contribution in [0.15, 0.2) is 47.4 Å². The summed E-state index contributed by atoms with van der Waals surface area (Å²) in [4.78, 5) is 10.7. The van der Waals surface area contributed by atoms with Gasteiger partial charge in [0.2, 0.25) is 5.91 Å². The molecule has 10 heteroatoms. The van der Waals surface area contributed by atoms with E-state index in [4.69, 9.17) is 17.3 Å². The predicted octanol–water partition coefficient (Wildman–Crippen LogP) is 3.26. The molecule has 0 aliphatic rings. The average molecular weight is 379 g/mol. The van der Waals surface area contributed by atoms with Crippen LogP contribution in [-0.2, 0) is 16.2 Å². The molecule has 3 N–H and O–H groups in total. The highest BCUT2D eigenvalue weighted by molar-refractivity contribution is 7.92. The molecule has 128 valence electrons. The lowest BCUT2D eigenvalue weighted by atomic mass is 10.2. The SMILES string of the molecule is NC(=O)c1ccc(Cl)c(NS(=O)(=O)c2ccc(C(F)(F)F)cc2)c1. The van der Waals surface area contributed by atoms with Crippen LogP contribution in [-0.4, -0.2) is 14.3 Å². The Hall–Kier alpha value is -2.26. The fourth-order valence-corrected chi connectivity index (χ4v) is 3.07. The quantitative estimate of drug-likeness (QED) is 0.855. The van der Waals surface area contributed by atoms with Gasteiger partial charge in [-0.1, -0.05) is 11.6 Å². The largest absolute Gasteiger partial charge is 0.416 e. The lowest BCUT2D eigenvalue weighted by Crippen LogP contribution is -2.16. The average Bonchev–Trinajstić information content (AvgIpc) is 2.48. The number of anilines is 1. The summed E-state index contributed by atoms with van der Waals surface area (Å²) in [6, 6.07) is 6.64. The Morgan fingerprint density at radius 3 is 2.17 bits per heavy atom. The molecule has 0 unspecified atom stereocenters. The van der Waals surface area contributed by atoms with Crippen molar-refractivity contribution in [2.45, 2.75) is 11.1 Å². The third-order valence-corrected chi connectivity index (χ3v) is 4.70. The minimum absolute atomic E-state index is 0.00418. The number of rotatable bonds is 4. The van der Waals surface area contributed by atoms with Gasteiger partial charge in [0.1, 0.15) is 0 Å². The van der Waals surface area contributed by atoms with Gasteiger partial charge in [0.25, 0.3) is 10.0 Å². The molecule has 0 radical (unpaired) electrons. The molecule has 0 atom stereocenters. The maximum Gasteiger partial charge on any atom is 0.416 e. The van der Waals surface area contributed by atoms with Gasteiger partial charge in [0.05, 0.1) is 21.2 Å². The van der Waals surface area contributed by atoms with Crippen LogP contribution >= 0.6 is 11.6 Å². The zero-order chi connectivity index (χ0) is 18.1. The van der Waals surface area contributed by atoms with Crippen LogP contribution in [0.25, 0.3) is 0 Å². The van der Waals surface area contributed by atoms with E-state index in [1.165, 1.54) is 12.1 Å². The van der Waals surface area contributed by atoms with Gasteiger partial charge < -0.3 is 5.73 Å². The van der Waals surface area contributed by atoms with Gasteiger partial charge in [0, 0.05) is 5.56 Å². The summed E-state index contributed by atoms with van der Waals surface area (Å²) in [6.07, 6.45) is -4.57. The second kappa shape index (κ2) is 6.33. The van der Waals surface area contributed by atoms with Crippen molar-refractivity contribution in [1.29, 1.82) is 0 Å². The van der Waals surface area contributed by atoms with Crippen molar-refractivity contribution in [1.82, 2.24) is 0 Å². The number of nitrogens with one attached hydrogen (secondary N) is 1. The molecule has 0 aromatic heterocycles. The number of alkyl halides is 3. The molecule has 0 heterocycles. The van der Waals surface area contributed by atoms with Gasteiger partial charge in [0.15, 0.2) is 0 Å². The van der Waals surface area contributed by atoms with Gasteiger partial charge >= 0.3 is 6.18 Å². The molecule has 2 aromatic carbocycles. The molecule has 0 aliphatic heterocycles. The maximum absolute atomic E-state index is 12.5. The number of amides is 1. The van der Waals surface area contributed by atoms with Crippen LogP contribution in [0.3, 0.4) is 0 Å². The Bertz CT molecular complexity index is 881. The van der Waals surface area contributed by atoms with Crippen molar-refractivity contribution in [2.24, 2.45) is 5.73 Å². The lowest BCUT2D eigenvalue weighted by molar-refractivity contribution is -0.137. The van der Waals surface area contributed by atoms with Crippen LogP contribution in [0.2, 0.25) is 5.02 Å². The molecule has 0 aliphatic carbocycles. The van der Waals surface area contributed by atoms with Crippen LogP contribution in [0.1, 0.15) is 15.9 Å². The molecular formula is C14H10ClF3N2O3S. The topological polar surface area (TPSA) is 89.3 Å². The molecule has 2 rings (SSSR count). The minimum atomic E-state index is -4.57. The van der Waals surface area contributed by atoms with E-state index < -0.39 is 32.6 Å². The second-order valence-electron chi connectivity index (χ2n) is 4.69. The lowest BCUT2D eigenvalue weighted by Gasteiger charge is -2.12. The normalized spacial score (nSPS) is 12.0. The van der Waals surface area contributed by atoms with Crippen molar-refractivity contribution < 1.29 is 26.4 Å². The fraction of sp³-hybridized carbons (Fsp3) is 0.0714. The number of carbonyl (C=O) groups excluding carboxylic acids is 1. The molecule has 0 bridgehead atoms. The first-order chi connectivity index (χ1) is 11.0. The van der Waals surface area contributed by atoms with Gasteiger partial charge in [-0.25, -0.2) is 8.42 Å². The van der Waals surface area contributed by atoms with Crippen LogP contribution in [0.5, 0.6) is 0 Å². The highest BCUT2D eigenvalue weighted by Gasteiger charge is 2.30. The number of hydrogen-bond donors (Lipinski definition) is 2. The summed E-state index contributed by atoms with van der Waals surface area (Å²) in [5.41, 5.74) is 4.02. The molecule has 24 heavy (non-hydrogen) atoms. The first-order valence-electron chi connectivity index (χ1n) is 6.30. The molecule has 5 nitrogen and oxygen atoms in total. The first-order valence-corrected chi connectivity index (χ1v) is 8.16. The Morgan fingerprint density at radius 1 is 1.08 bits per heavy atom. The summed E-state index contributed by atoms with van der Waals surface area (Å²) in [5, 5.41) is -0.00418. The molecular weight excluding hydrogens is 369 g/mol. The van der Waals surface area contributed by atoms with Crippen LogP contribution < -0.4 is 10.5 Å². The zero-order valence-corrected chi connectivity index (χ0v) is 13.3. The van der Waals surface area contributed by atoms with Gasteiger partial charge in [-0.3, -0.25) is 9.52 Å². The molecule has 1 amide bonds. The number of sulfonamides is 1. The van der Waals surface area contributed by atoms with Crippen molar-refractivity contribution in [3.8, 4) is 0 Å². The van der Waals surface area contributed by atoms with Crippen molar-refractivity contribution in [3.05, 3.63) is 58.6 Å². The molecule has 0 spiro atoms. The van der Waals surface area contributed by atoms with Crippen LogP contribution in [0.4, 0.5) is 18.9 Å². The Labute approximate surface area is 140 Å². The Morgan fingerprint density at radius 2 is 1.67 bits per heavy atom. The Balaban J connectivity index is 2.35. The van der Waals surface area contributed by atoms with E-state index in [-0.39, 0.29) is 16.3 Å². The molecule has 2 aromatic rings. The maximum atomic E-state index is 12.5. The number of carbonyl (C=O) groups is 1. The number of benzene rings is 2. The minimum Gasteiger partial charge on any atom is -0.366 e. The van der Waals surface area contributed by atoms with E-state index in [0.717, 1.165) is 18.2 Å². The smallest absolute Gasteiger partial charge is 0.366 e. The van der Waals surface area contributed by atoms with E-state index in [1.807, 2.05) is 0 Å². The highest BCUT2D eigenvalue weighted by atomic mass is 35.5. The molecule has 0 fully saturated rings. The van der Waals surface area contributed by atoms with Crippen LogP contribution in [0, 0.1) is 0 Å². The van der Waals surface area contributed by atoms with Crippen molar-refractivity contribution in [2.75, 3.05) is 4.72 Å². The highest BCUT2D eigenvalue weighted by Crippen LogP contribution is 2.30.